The summed E-state index contributed by atoms with van der Waals surface area (Å²) < 4.78 is 9.82. The second-order valence-corrected chi connectivity index (χ2v) is 5.22. The summed E-state index contributed by atoms with van der Waals surface area (Å²) >= 11 is 5.82. The summed E-state index contributed by atoms with van der Waals surface area (Å²) in [6, 6.07) is 7.32. The molecule has 1 amide bonds. The number of hydrogen-bond donors (Lipinski definition) is 2. The SMILES string of the molecule is COCc1cc(C(=O)N[C@@H](CC(=O)O)c2ccc(Cl)cc2)no1. The van der Waals surface area contributed by atoms with Crippen molar-refractivity contribution in [2.24, 2.45) is 0 Å². The molecule has 0 saturated heterocycles. The van der Waals surface area contributed by atoms with Crippen LogP contribution < -0.4 is 5.32 Å². The second kappa shape index (κ2) is 7.75. The Balaban J connectivity index is 2.14. The van der Waals surface area contributed by atoms with Crippen LogP contribution in [0, 0.1) is 0 Å². The molecule has 0 bridgehead atoms. The van der Waals surface area contributed by atoms with E-state index in [1.54, 1.807) is 24.3 Å². The average molecular weight is 339 g/mol. The largest absolute Gasteiger partial charge is 0.481 e. The minimum atomic E-state index is -1.04. The van der Waals surface area contributed by atoms with Crippen molar-refractivity contribution >= 4 is 23.5 Å². The first-order chi connectivity index (χ1) is 11.0. The van der Waals surface area contributed by atoms with Crippen molar-refractivity contribution in [3.63, 3.8) is 0 Å². The first-order valence-corrected chi connectivity index (χ1v) is 7.10. The maximum atomic E-state index is 12.2. The van der Waals surface area contributed by atoms with E-state index in [0.717, 1.165) is 0 Å². The fourth-order valence-corrected chi connectivity index (χ4v) is 2.11. The molecule has 23 heavy (non-hydrogen) atoms. The van der Waals surface area contributed by atoms with Crippen molar-refractivity contribution in [1.82, 2.24) is 10.5 Å². The summed E-state index contributed by atoms with van der Waals surface area (Å²) in [5, 5.41) is 15.8. The molecule has 8 heteroatoms. The zero-order chi connectivity index (χ0) is 16.8. The fourth-order valence-electron chi connectivity index (χ4n) is 1.98. The third-order valence-electron chi connectivity index (χ3n) is 3.03. The van der Waals surface area contributed by atoms with Gasteiger partial charge in [-0.05, 0) is 17.7 Å². The molecule has 1 atom stereocenters. The summed E-state index contributed by atoms with van der Waals surface area (Å²) in [7, 11) is 1.49. The Hall–Kier alpha value is -2.38. The van der Waals surface area contributed by atoms with Crippen molar-refractivity contribution in [3.05, 3.63) is 52.4 Å². The fraction of sp³-hybridized carbons (Fsp3) is 0.267. The monoisotopic (exact) mass is 338 g/mol. The Kier molecular flexibility index (Phi) is 5.72. The van der Waals surface area contributed by atoms with Gasteiger partial charge in [-0.1, -0.05) is 28.9 Å². The van der Waals surface area contributed by atoms with Gasteiger partial charge in [-0.15, -0.1) is 0 Å². The van der Waals surface area contributed by atoms with Gasteiger partial charge in [0.1, 0.15) is 6.61 Å². The van der Waals surface area contributed by atoms with Crippen LogP contribution in [0.3, 0.4) is 0 Å². The van der Waals surface area contributed by atoms with Gasteiger partial charge in [0.05, 0.1) is 12.5 Å². The third kappa shape index (κ3) is 4.80. The molecule has 2 N–H and O–H groups in total. The van der Waals surface area contributed by atoms with E-state index in [1.165, 1.54) is 13.2 Å². The molecular formula is C15H15ClN2O5. The van der Waals surface area contributed by atoms with Crippen LogP contribution in [0.4, 0.5) is 0 Å². The molecule has 2 aromatic rings. The number of hydrogen-bond acceptors (Lipinski definition) is 5. The molecule has 0 spiro atoms. The molecule has 1 aromatic carbocycles. The van der Waals surface area contributed by atoms with Gasteiger partial charge in [-0.2, -0.15) is 0 Å². The molecule has 7 nitrogen and oxygen atoms in total. The van der Waals surface area contributed by atoms with Gasteiger partial charge < -0.3 is 19.7 Å². The van der Waals surface area contributed by atoms with E-state index in [0.29, 0.717) is 16.3 Å². The summed E-state index contributed by atoms with van der Waals surface area (Å²) in [4.78, 5) is 23.2. The number of carboxylic acid groups (broad SMARTS) is 1. The zero-order valence-corrected chi connectivity index (χ0v) is 13.0. The van der Waals surface area contributed by atoms with E-state index in [1.807, 2.05) is 0 Å². The van der Waals surface area contributed by atoms with Crippen molar-refractivity contribution in [3.8, 4) is 0 Å². The lowest BCUT2D eigenvalue weighted by Gasteiger charge is -2.16. The lowest BCUT2D eigenvalue weighted by molar-refractivity contribution is -0.137. The van der Waals surface area contributed by atoms with E-state index in [-0.39, 0.29) is 18.7 Å². The van der Waals surface area contributed by atoms with E-state index >= 15 is 0 Å². The van der Waals surface area contributed by atoms with Crippen LogP contribution in [0.15, 0.2) is 34.9 Å². The van der Waals surface area contributed by atoms with Crippen molar-refractivity contribution in [2.75, 3.05) is 7.11 Å². The number of carboxylic acids is 1. The van der Waals surface area contributed by atoms with Crippen LogP contribution in [0.5, 0.6) is 0 Å². The first kappa shape index (κ1) is 17.0. The molecule has 0 unspecified atom stereocenters. The maximum Gasteiger partial charge on any atom is 0.305 e. The van der Waals surface area contributed by atoms with E-state index < -0.39 is 17.9 Å². The number of carbonyl (C=O) groups excluding carboxylic acids is 1. The van der Waals surface area contributed by atoms with Crippen LogP contribution in [-0.4, -0.2) is 29.2 Å². The molecule has 2 rings (SSSR count). The van der Waals surface area contributed by atoms with Gasteiger partial charge in [0, 0.05) is 18.2 Å². The predicted molar refractivity (Wildman–Crippen MR) is 81.1 cm³/mol. The molecule has 1 heterocycles. The van der Waals surface area contributed by atoms with Gasteiger partial charge in [0.15, 0.2) is 11.5 Å². The van der Waals surface area contributed by atoms with Gasteiger partial charge in [-0.3, -0.25) is 9.59 Å². The quantitative estimate of drug-likeness (QED) is 0.803. The summed E-state index contributed by atoms with van der Waals surface area (Å²) in [5.41, 5.74) is 0.687. The van der Waals surface area contributed by atoms with E-state index in [4.69, 9.17) is 26.0 Å². The maximum absolute atomic E-state index is 12.2. The van der Waals surface area contributed by atoms with Crippen LogP contribution in [0.25, 0.3) is 0 Å². The van der Waals surface area contributed by atoms with Gasteiger partial charge >= 0.3 is 5.97 Å². The van der Waals surface area contributed by atoms with Crippen molar-refractivity contribution in [1.29, 1.82) is 0 Å². The average Bonchev–Trinajstić information content (AvgIpc) is 2.96. The second-order valence-electron chi connectivity index (χ2n) is 4.79. The third-order valence-corrected chi connectivity index (χ3v) is 3.29. The molecule has 0 saturated carbocycles. The summed E-state index contributed by atoms with van der Waals surface area (Å²) in [5.74, 6) is -1.17. The minimum absolute atomic E-state index is 0.0569. The Bertz CT molecular complexity index is 683. The number of nitrogens with zero attached hydrogens (tertiary/aromatic N) is 1. The number of halogens is 1. The summed E-state index contributed by atoms with van der Waals surface area (Å²) in [6.07, 6.45) is -0.268. The molecule has 0 aliphatic rings. The topological polar surface area (TPSA) is 102 Å². The van der Waals surface area contributed by atoms with Crippen LogP contribution in [-0.2, 0) is 16.1 Å². The number of carbonyl (C=O) groups is 2. The number of aromatic nitrogens is 1. The van der Waals surface area contributed by atoms with Crippen molar-refractivity contribution < 1.29 is 24.0 Å². The van der Waals surface area contributed by atoms with Gasteiger partial charge in [-0.25, -0.2) is 0 Å². The Morgan fingerprint density at radius 3 is 2.70 bits per heavy atom. The lowest BCUT2D eigenvalue weighted by atomic mass is 10.0. The van der Waals surface area contributed by atoms with Crippen molar-refractivity contribution in [2.45, 2.75) is 19.1 Å². The van der Waals surface area contributed by atoms with Gasteiger partial charge in [0.25, 0.3) is 5.91 Å². The van der Waals surface area contributed by atoms with Crippen LogP contribution in [0.2, 0.25) is 5.02 Å². The highest BCUT2D eigenvalue weighted by Crippen LogP contribution is 2.20. The highest BCUT2D eigenvalue weighted by atomic mass is 35.5. The number of ether oxygens (including phenoxy) is 1. The predicted octanol–water partition coefficient (Wildman–Crippen LogP) is 2.42. The molecule has 0 fully saturated rings. The molecule has 122 valence electrons. The molecule has 1 aromatic heterocycles. The molecule has 0 aliphatic heterocycles. The summed E-state index contributed by atoms with van der Waals surface area (Å²) in [6.45, 7) is 0.190. The normalized spacial score (nSPS) is 11.9. The highest BCUT2D eigenvalue weighted by Gasteiger charge is 2.21. The molecule has 0 radical (unpaired) electrons. The smallest absolute Gasteiger partial charge is 0.305 e. The number of methoxy groups -OCH3 is 1. The number of benzene rings is 1. The highest BCUT2D eigenvalue weighted by molar-refractivity contribution is 6.30. The van der Waals surface area contributed by atoms with E-state index in [9.17, 15) is 9.59 Å². The molecular weight excluding hydrogens is 324 g/mol. The number of nitrogens with one attached hydrogen (secondary N) is 1. The van der Waals surface area contributed by atoms with E-state index in [2.05, 4.69) is 10.5 Å². The van der Waals surface area contributed by atoms with Crippen LogP contribution >= 0.6 is 11.6 Å². The number of rotatable bonds is 7. The standard InChI is InChI=1S/C15H15ClN2O5/c1-22-8-11-6-13(18-23-11)15(21)17-12(7-14(19)20)9-2-4-10(16)5-3-9/h2-6,12H,7-8H2,1H3,(H,17,21)(H,19,20)/t12-/m0/s1. The minimum Gasteiger partial charge on any atom is -0.481 e. The Morgan fingerprint density at radius 1 is 1.39 bits per heavy atom. The number of aliphatic carboxylic acids is 1. The zero-order valence-electron chi connectivity index (χ0n) is 12.3. The first-order valence-electron chi connectivity index (χ1n) is 6.72. The van der Waals surface area contributed by atoms with Crippen LogP contribution in [0.1, 0.15) is 34.3 Å². The lowest BCUT2D eigenvalue weighted by Crippen LogP contribution is -2.30. The molecule has 0 aliphatic carbocycles. The Morgan fingerprint density at radius 2 is 2.09 bits per heavy atom. The number of amides is 1. The van der Waals surface area contributed by atoms with Gasteiger partial charge in [0.2, 0.25) is 0 Å². The Labute approximate surface area is 137 Å².